The smallest absolute Gasteiger partial charge is 0.337 e. The summed E-state index contributed by atoms with van der Waals surface area (Å²) in [4.78, 5) is 23.6. The van der Waals surface area contributed by atoms with Crippen LogP contribution in [0.2, 0.25) is 0 Å². The van der Waals surface area contributed by atoms with Crippen LogP contribution in [0.5, 0.6) is 0 Å². The molecule has 0 radical (unpaired) electrons. The summed E-state index contributed by atoms with van der Waals surface area (Å²) in [5, 5.41) is 5.57. The van der Waals surface area contributed by atoms with E-state index in [2.05, 4.69) is 15.4 Å². The Balaban J connectivity index is 1.97. The van der Waals surface area contributed by atoms with Crippen molar-refractivity contribution in [1.82, 2.24) is 4.31 Å². The molecule has 0 aliphatic carbocycles. The number of benzene rings is 2. The maximum Gasteiger partial charge on any atom is 0.337 e. The number of amides is 1. The van der Waals surface area contributed by atoms with E-state index in [0.717, 1.165) is 4.31 Å². The fourth-order valence-corrected chi connectivity index (χ4v) is 3.12. The van der Waals surface area contributed by atoms with Crippen molar-refractivity contribution in [3.63, 3.8) is 0 Å². The molecule has 2 aromatic carbocycles. The Kier molecular flexibility index (Phi) is 6.54. The monoisotopic (exact) mass is 391 g/mol. The molecule has 0 saturated heterocycles. The Bertz CT molecular complexity index is 924. The summed E-state index contributed by atoms with van der Waals surface area (Å²) in [6.45, 7) is -0.0256. The Morgan fingerprint density at radius 2 is 1.70 bits per heavy atom. The lowest BCUT2D eigenvalue weighted by Crippen LogP contribution is -2.23. The van der Waals surface area contributed by atoms with Gasteiger partial charge in [-0.3, -0.25) is 4.79 Å². The van der Waals surface area contributed by atoms with Crippen LogP contribution in [0.15, 0.2) is 53.4 Å². The van der Waals surface area contributed by atoms with Gasteiger partial charge in [0.1, 0.15) is 0 Å². The van der Waals surface area contributed by atoms with Crippen LogP contribution in [0.25, 0.3) is 0 Å². The number of ether oxygens (including phenoxy) is 1. The lowest BCUT2D eigenvalue weighted by molar-refractivity contribution is -0.114. The lowest BCUT2D eigenvalue weighted by Gasteiger charge is -2.13. The van der Waals surface area contributed by atoms with Crippen molar-refractivity contribution in [2.75, 3.05) is 38.4 Å². The molecule has 2 rings (SSSR count). The van der Waals surface area contributed by atoms with E-state index in [9.17, 15) is 18.0 Å². The molecule has 9 heteroatoms. The second-order valence-electron chi connectivity index (χ2n) is 5.79. The standard InChI is InChI=1S/C18H21N3O5S/c1-21(2)27(24,25)16-6-4-5-15(11-16)20-17(22)12-19-14-9-7-13(8-10-14)18(23)26-3/h4-11,19H,12H2,1-3H3,(H,20,22). The number of hydrogen-bond acceptors (Lipinski definition) is 6. The zero-order valence-electron chi connectivity index (χ0n) is 15.2. The Morgan fingerprint density at radius 1 is 1.04 bits per heavy atom. The van der Waals surface area contributed by atoms with Crippen LogP contribution in [0.3, 0.4) is 0 Å². The molecular weight excluding hydrogens is 370 g/mol. The van der Waals surface area contributed by atoms with E-state index >= 15 is 0 Å². The van der Waals surface area contributed by atoms with Crippen molar-refractivity contribution in [1.29, 1.82) is 0 Å². The molecule has 2 N–H and O–H groups in total. The number of sulfonamides is 1. The third-order valence-electron chi connectivity index (χ3n) is 3.66. The summed E-state index contributed by atoms with van der Waals surface area (Å²) < 4.78 is 30.0. The normalized spacial score (nSPS) is 11.1. The van der Waals surface area contributed by atoms with Crippen LogP contribution in [0.1, 0.15) is 10.4 Å². The SMILES string of the molecule is COC(=O)c1ccc(NCC(=O)Nc2cccc(S(=O)(=O)N(C)C)c2)cc1. The number of carbonyl (C=O) groups excluding carboxylic acids is 2. The first-order valence-electron chi connectivity index (χ1n) is 7.98. The van der Waals surface area contributed by atoms with E-state index in [0.29, 0.717) is 16.9 Å². The summed E-state index contributed by atoms with van der Waals surface area (Å²) in [5.41, 5.74) is 1.44. The van der Waals surface area contributed by atoms with Crippen molar-refractivity contribution in [2.45, 2.75) is 4.90 Å². The van der Waals surface area contributed by atoms with Crippen molar-refractivity contribution >= 4 is 33.3 Å². The maximum absolute atomic E-state index is 12.1. The molecule has 0 saturated carbocycles. The summed E-state index contributed by atoms with van der Waals surface area (Å²) in [6, 6.07) is 12.5. The van der Waals surface area contributed by atoms with Gasteiger partial charge in [-0.15, -0.1) is 0 Å². The molecule has 0 bridgehead atoms. The summed E-state index contributed by atoms with van der Waals surface area (Å²) >= 11 is 0. The second-order valence-corrected chi connectivity index (χ2v) is 7.94. The molecule has 0 aliphatic heterocycles. The number of carbonyl (C=O) groups is 2. The fourth-order valence-electron chi connectivity index (χ4n) is 2.17. The highest BCUT2D eigenvalue weighted by Crippen LogP contribution is 2.18. The van der Waals surface area contributed by atoms with Crippen LogP contribution in [0, 0.1) is 0 Å². The molecule has 0 fully saturated rings. The number of esters is 1. The lowest BCUT2D eigenvalue weighted by atomic mass is 10.2. The van der Waals surface area contributed by atoms with Gasteiger partial charge < -0.3 is 15.4 Å². The minimum Gasteiger partial charge on any atom is -0.465 e. The topological polar surface area (TPSA) is 105 Å². The quantitative estimate of drug-likeness (QED) is 0.697. The van der Waals surface area contributed by atoms with Gasteiger partial charge in [-0.05, 0) is 42.5 Å². The van der Waals surface area contributed by atoms with Crippen LogP contribution < -0.4 is 10.6 Å². The molecule has 8 nitrogen and oxygen atoms in total. The van der Waals surface area contributed by atoms with Gasteiger partial charge in [0.05, 0.1) is 24.1 Å². The zero-order valence-corrected chi connectivity index (χ0v) is 16.0. The third-order valence-corrected chi connectivity index (χ3v) is 5.47. The number of anilines is 2. The first kappa shape index (κ1) is 20.4. The zero-order chi connectivity index (χ0) is 20.0. The van der Waals surface area contributed by atoms with Crippen LogP contribution in [-0.2, 0) is 19.6 Å². The predicted molar refractivity (Wildman–Crippen MR) is 102 cm³/mol. The molecule has 0 spiro atoms. The number of methoxy groups -OCH3 is 1. The number of hydrogen-bond donors (Lipinski definition) is 2. The Labute approximate surface area is 158 Å². The minimum absolute atomic E-state index is 0.0256. The Morgan fingerprint density at radius 3 is 2.30 bits per heavy atom. The van der Waals surface area contributed by atoms with E-state index in [4.69, 9.17) is 0 Å². The average molecular weight is 391 g/mol. The van der Waals surface area contributed by atoms with E-state index in [1.165, 1.54) is 33.3 Å². The molecule has 0 atom stereocenters. The van der Waals surface area contributed by atoms with Crippen LogP contribution in [-0.4, -0.2) is 52.3 Å². The molecule has 0 aliphatic rings. The minimum atomic E-state index is -3.58. The van der Waals surface area contributed by atoms with E-state index in [1.54, 1.807) is 36.4 Å². The van der Waals surface area contributed by atoms with Crippen molar-refractivity contribution < 1.29 is 22.7 Å². The maximum atomic E-state index is 12.1. The third kappa shape index (κ3) is 5.28. The average Bonchev–Trinajstić information content (AvgIpc) is 2.66. The van der Waals surface area contributed by atoms with Gasteiger partial charge in [0, 0.05) is 25.5 Å². The highest BCUT2D eigenvalue weighted by molar-refractivity contribution is 7.89. The van der Waals surface area contributed by atoms with Gasteiger partial charge in [0.25, 0.3) is 0 Å². The van der Waals surface area contributed by atoms with E-state index in [-0.39, 0.29) is 17.3 Å². The molecule has 2 aromatic rings. The summed E-state index contributed by atoms with van der Waals surface area (Å²) in [7, 11) is 0.609. The summed E-state index contributed by atoms with van der Waals surface area (Å²) in [5.74, 6) is -0.779. The molecule has 0 heterocycles. The van der Waals surface area contributed by atoms with Crippen molar-refractivity contribution in [3.05, 3.63) is 54.1 Å². The highest BCUT2D eigenvalue weighted by Gasteiger charge is 2.17. The highest BCUT2D eigenvalue weighted by atomic mass is 32.2. The first-order chi connectivity index (χ1) is 12.7. The van der Waals surface area contributed by atoms with Gasteiger partial charge in [-0.1, -0.05) is 6.07 Å². The van der Waals surface area contributed by atoms with Gasteiger partial charge in [-0.25, -0.2) is 17.5 Å². The molecule has 27 heavy (non-hydrogen) atoms. The van der Waals surface area contributed by atoms with E-state index in [1.807, 2.05) is 0 Å². The van der Waals surface area contributed by atoms with Gasteiger partial charge in [-0.2, -0.15) is 0 Å². The van der Waals surface area contributed by atoms with Gasteiger partial charge in [0.2, 0.25) is 15.9 Å². The second kappa shape index (κ2) is 8.65. The number of nitrogens with zero attached hydrogens (tertiary/aromatic N) is 1. The molecule has 0 aromatic heterocycles. The predicted octanol–water partition coefficient (Wildman–Crippen LogP) is 1.77. The summed E-state index contributed by atoms with van der Waals surface area (Å²) in [6.07, 6.45) is 0. The van der Waals surface area contributed by atoms with Crippen LogP contribution in [0.4, 0.5) is 11.4 Å². The molecule has 1 amide bonds. The molecular formula is C18H21N3O5S. The fraction of sp³-hybridized carbons (Fsp3) is 0.222. The van der Waals surface area contributed by atoms with E-state index < -0.39 is 16.0 Å². The Hall–Kier alpha value is -2.91. The van der Waals surface area contributed by atoms with Crippen LogP contribution >= 0.6 is 0 Å². The number of nitrogens with one attached hydrogen (secondary N) is 2. The van der Waals surface area contributed by atoms with Crippen molar-refractivity contribution in [2.24, 2.45) is 0 Å². The molecule has 0 unspecified atom stereocenters. The van der Waals surface area contributed by atoms with Crippen molar-refractivity contribution in [3.8, 4) is 0 Å². The van der Waals surface area contributed by atoms with Gasteiger partial charge in [0.15, 0.2) is 0 Å². The van der Waals surface area contributed by atoms with Gasteiger partial charge >= 0.3 is 5.97 Å². The molecule has 144 valence electrons. The first-order valence-corrected chi connectivity index (χ1v) is 9.42. The largest absolute Gasteiger partial charge is 0.465 e. The number of rotatable bonds is 7.